The Labute approximate surface area is 212 Å². The summed E-state index contributed by atoms with van der Waals surface area (Å²) in [5.41, 5.74) is 2.09. The molecule has 1 aliphatic rings. The van der Waals surface area contributed by atoms with E-state index >= 15 is 0 Å². The molecule has 0 spiro atoms. The fourth-order valence-corrected chi connectivity index (χ4v) is 4.51. The van der Waals surface area contributed by atoms with Crippen LogP contribution in [0.1, 0.15) is 33.3 Å². The zero-order valence-electron chi connectivity index (χ0n) is 20.5. The number of hydrogen-bond acceptors (Lipinski definition) is 12. The fraction of sp³-hybridized carbons (Fsp3) is 0.458. The van der Waals surface area contributed by atoms with Crippen molar-refractivity contribution in [2.45, 2.75) is 65.3 Å². The van der Waals surface area contributed by atoms with E-state index in [1.54, 1.807) is 6.20 Å². The van der Waals surface area contributed by atoms with E-state index in [1.807, 2.05) is 31.2 Å². The number of ether oxygens (including phenoxy) is 5. The highest BCUT2D eigenvalue weighted by molar-refractivity contribution is 7.18. The van der Waals surface area contributed by atoms with E-state index in [4.69, 9.17) is 23.7 Å². The van der Waals surface area contributed by atoms with Crippen LogP contribution in [-0.2, 0) is 42.9 Å². The van der Waals surface area contributed by atoms with Crippen LogP contribution in [0, 0.1) is 6.92 Å². The lowest BCUT2D eigenvalue weighted by molar-refractivity contribution is -0.247. The van der Waals surface area contributed by atoms with Gasteiger partial charge < -0.3 is 29.0 Å². The van der Waals surface area contributed by atoms with E-state index in [9.17, 15) is 19.2 Å². The predicted molar refractivity (Wildman–Crippen MR) is 128 cm³/mol. The second-order valence-electron chi connectivity index (χ2n) is 8.16. The lowest BCUT2D eigenvalue weighted by Gasteiger charge is -2.44. The van der Waals surface area contributed by atoms with E-state index < -0.39 is 54.5 Å². The van der Waals surface area contributed by atoms with E-state index in [0.717, 1.165) is 16.0 Å². The summed E-state index contributed by atoms with van der Waals surface area (Å²) in [5.74, 6) is -2.65. The highest BCUT2D eigenvalue weighted by Crippen LogP contribution is 2.33. The van der Waals surface area contributed by atoms with Crippen LogP contribution in [0.4, 0.5) is 5.13 Å². The molecule has 1 N–H and O–H groups in total. The SMILES string of the molecule is CC(=O)OC[C@@H]1O[C@H](Nc2ncc(-c3ccc(C)cc3)s2)[C@@H](OC(C)=O)[C@H](OC(C)=O)[C@@H]1OC(C)=O. The van der Waals surface area contributed by atoms with Crippen molar-refractivity contribution < 1.29 is 42.9 Å². The summed E-state index contributed by atoms with van der Waals surface area (Å²) in [6, 6.07) is 7.92. The van der Waals surface area contributed by atoms with Gasteiger partial charge in [-0.1, -0.05) is 41.2 Å². The molecule has 5 atom stereocenters. The van der Waals surface area contributed by atoms with Gasteiger partial charge >= 0.3 is 23.9 Å². The Hall–Kier alpha value is -3.51. The number of nitrogens with zero attached hydrogens (tertiary/aromatic N) is 1. The number of thiazole rings is 1. The predicted octanol–water partition coefficient (Wildman–Crippen LogP) is 2.61. The molecule has 0 bridgehead atoms. The largest absolute Gasteiger partial charge is 0.463 e. The number of aryl methyl sites for hydroxylation is 1. The molecule has 0 aliphatic carbocycles. The summed E-state index contributed by atoms with van der Waals surface area (Å²) in [7, 11) is 0. The van der Waals surface area contributed by atoms with Gasteiger partial charge in [-0.3, -0.25) is 19.2 Å². The number of hydrogen-bond donors (Lipinski definition) is 1. The average molecular weight is 521 g/mol. The molecule has 2 aromatic rings. The van der Waals surface area contributed by atoms with Crippen LogP contribution in [-0.4, -0.2) is 66.1 Å². The molecule has 2 heterocycles. The standard InChI is InChI=1S/C24H28N2O9S/c1-12-6-8-17(9-7-12)19-10-25-24(36-19)26-23-22(34-16(5)30)21(33-15(4)29)20(32-14(3)28)18(35-23)11-31-13(2)27/h6-10,18,20-23H,11H2,1-5H3,(H,25,26)/t18-,20+,21+,22-,23-/m0/s1. The van der Waals surface area contributed by atoms with Gasteiger partial charge in [0, 0.05) is 33.9 Å². The van der Waals surface area contributed by atoms with Gasteiger partial charge in [0.15, 0.2) is 29.7 Å². The molecule has 0 radical (unpaired) electrons. The van der Waals surface area contributed by atoms with Crippen LogP contribution in [0.5, 0.6) is 0 Å². The maximum Gasteiger partial charge on any atom is 0.303 e. The van der Waals surface area contributed by atoms with Crippen LogP contribution in [0.2, 0.25) is 0 Å². The monoisotopic (exact) mass is 520 g/mol. The maximum absolute atomic E-state index is 11.9. The molecule has 1 fully saturated rings. The molecule has 11 nitrogen and oxygen atoms in total. The molecule has 0 saturated carbocycles. The number of benzene rings is 1. The minimum absolute atomic E-state index is 0.303. The zero-order chi connectivity index (χ0) is 26.4. The van der Waals surface area contributed by atoms with E-state index in [-0.39, 0.29) is 6.61 Å². The van der Waals surface area contributed by atoms with Crippen molar-refractivity contribution in [1.29, 1.82) is 0 Å². The molecule has 36 heavy (non-hydrogen) atoms. The van der Waals surface area contributed by atoms with Crippen molar-refractivity contribution in [2.24, 2.45) is 0 Å². The van der Waals surface area contributed by atoms with Gasteiger partial charge in [-0.05, 0) is 12.5 Å². The van der Waals surface area contributed by atoms with Crippen molar-refractivity contribution in [3.63, 3.8) is 0 Å². The Kier molecular flexibility index (Phi) is 8.99. The molecule has 0 amide bonds. The number of aromatic nitrogens is 1. The van der Waals surface area contributed by atoms with E-state index in [2.05, 4.69) is 10.3 Å². The maximum atomic E-state index is 11.9. The summed E-state index contributed by atoms with van der Waals surface area (Å²) in [6.07, 6.45) is -4.11. The molecular weight excluding hydrogens is 492 g/mol. The third kappa shape index (κ3) is 7.25. The first-order valence-corrected chi connectivity index (χ1v) is 11.9. The minimum atomic E-state index is -1.25. The van der Waals surface area contributed by atoms with Gasteiger partial charge in [-0.2, -0.15) is 0 Å². The second kappa shape index (κ2) is 12.0. The van der Waals surface area contributed by atoms with Crippen molar-refractivity contribution in [2.75, 3.05) is 11.9 Å². The number of carbonyl (C=O) groups is 4. The van der Waals surface area contributed by atoms with Gasteiger partial charge in [0.05, 0.1) is 4.88 Å². The quantitative estimate of drug-likeness (QED) is 0.406. The van der Waals surface area contributed by atoms with Crippen molar-refractivity contribution in [3.05, 3.63) is 36.0 Å². The Morgan fingerprint density at radius 2 is 1.47 bits per heavy atom. The molecule has 0 unspecified atom stereocenters. The Balaban J connectivity index is 1.94. The number of rotatable bonds is 8. The second-order valence-corrected chi connectivity index (χ2v) is 9.19. The lowest BCUT2D eigenvalue weighted by Crippen LogP contribution is -2.64. The molecule has 194 valence electrons. The summed E-state index contributed by atoms with van der Waals surface area (Å²) in [5, 5.41) is 3.50. The lowest BCUT2D eigenvalue weighted by atomic mass is 9.97. The topological polar surface area (TPSA) is 139 Å². The Morgan fingerprint density at radius 1 is 0.889 bits per heavy atom. The van der Waals surface area contributed by atoms with Crippen LogP contribution in [0.25, 0.3) is 10.4 Å². The van der Waals surface area contributed by atoms with Crippen LogP contribution in [0.15, 0.2) is 30.5 Å². The Bertz CT molecular complexity index is 1100. The number of nitrogens with one attached hydrogen (secondary N) is 1. The average Bonchev–Trinajstić information content (AvgIpc) is 3.24. The van der Waals surface area contributed by atoms with Gasteiger partial charge in [-0.25, -0.2) is 4.98 Å². The van der Waals surface area contributed by atoms with Crippen LogP contribution < -0.4 is 5.32 Å². The summed E-state index contributed by atoms with van der Waals surface area (Å²) >= 11 is 1.33. The van der Waals surface area contributed by atoms with E-state index in [0.29, 0.717) is 5.13 Å². The minimum Gasteiger partial charge on any atom is -0.463 e. The molecule has 12 heteroatoms. The molecule has 1 aromatic heterocycles. The third-order valence-corrected chi connectivity index (χ3v) is 6.08. The summed E-state index contributed by atoms with van der Waals surface area (Å²) < 4.78 is 27.4. The van der Waals surface area contributed by atoms with Crippen LogP contribution in [0.3, 0.4) is 0 Å². The molecular formula is C24H28N2O9S. The van der Waals surface area contributed by atoms with Gasteiger partial charge in [-0.15, -0.1) is 0 Å². The molecule has 1 aromatic carbocycles. The van der Waals surface area contributed by atoms with Crippen molar-refractivity contribution >= 4 is 40.3 Å². The van der Waals surface area contributed by atoms with Crippen molar-refractivity contribution in [3.8, 4) is 10.4 Å². The Morgan fingerprint density at radius 3 is 2.06 bits per heavy atom. The van der Waals surface area contributed by atoms with Crippen molar-refractivity contribution in [1.82, 2.24) is 4.98 Å². The number of anilines is 1. The fourth-order valence-electron chi connectivity index (χ4n) is 3.66. The molecule has 1 aliphatic heterocycles. The number of carbonyl (C=O) groups excluding carboxylic acids is 4. The summed E-state index contributed by atoms with van der Waals surface area (Å²) in [6.45, 7) is 6.43. The molecule has 3 rings (SSSR count). The highest BCUT2D eigenvalue weighted by atomic mass is 32.1. The third-order valence-electron chi connectivity index (χ3n) is 5.10. The first kappa shape index (κ1) is 27.1. The molecule has 1 saturated heterocycles. The summed E-state index contributed by atoms with van der Waals surface area (Å²) in [4.78, 5) is 52.4. The van der Waals surface area contributed by atoms with E-state index in [1.165, 1.54) is 39.0 Å². The normalized spacial score (nSPS) is 23.3. The highest BCUT2D eigenvalue weighted by Gasteiger charge is 2.52. The number of esters is 4. The van der Waals surface area contributed by atoms with Crippen LogP contribution >= 0.6 is 11.3 Å². The van der Waals surface area contributed by atoms with Gasteiger partial charge in [0.25, 0.3) is 0 Å². The zero-order valence-corrected chi connectivity index (χ0v) is 21.3. The smallest absolute Gasteiger partial charge is 0.303 e. The van der Waals surface area contributed by atoms with Gasteiger partial charge in [0.2, 0.25) is 0 Å². The van der Waals surface area contributed by atoms with Gasteiger partial charge in [0.1, 0.15) is 12.7 Å². The first-order chi connectivity index (χ1) is 17.0. The first-order valence-electron chi connectivity index (χ1n) is 11.1.